The minimum absolute atomic E-state index is 0.0642. The number of hydrogen-bond acceptors (Lipinski definition) is 5. The van der Waals surface area contributed by atoms with Crippen LogP contribution in [0.15, 0.2) is 55.0 Å². The summed E-state index contributed by atoms with van der Waals surface area (Å²) in [5, 5.41) is 13.7. The highest BCUT2D eigenvalue weighted by Gasteiger charge is 2.41. The average molecular weight is 462 g/mol. The van der Waals surface area contributed by atoms with Crippen molar-refractivity contribution >= 4 is 34.4 Å². The predicted octanol–water partition coefficient (Wildman–Crippen LogP) is 2.26. The van der Waals surface area contributed by atoms with Gasteiger partial charge in [-0.2, -0.15) is 0 Å². The Morgan fingerprint density at radius 2 is 1.82 bits per heavy atom. The molecule has 5 rings (SSSR count). The molecule has 0 unspecified atom stereocenters. The molecule has 3 aromatic rings. The second kappa shape index (κ2) is 9.17. The number of nitrogens with zero attached hydrogens (tertiary/aromatic N) is 3. The number of aromatic amines is 1. The number of carboxylic acid groups (broad SMARTS) is 1. The normalized spacial score (nSPS) is 21.1. The van der Waals surface area contributed by atoms with Crippen LogP contribution in [0.5, 0.6) is 0 Å². The molecule has 9 heteroatoms. The Morgan fingerprint density at radius 1 is 1.06 bits per heavy atom. The van der Waals surface area contributed by atoms with Gasteiger partial charge in [0.15, 0.2) is 0 Å². The van der Waals surface area contributed by atoms with E-state index in [1.54, 1.807) is 30.7 Å². The average Bonchev–Trinajstić information content (AvgIpc) is 3.51. The number of amides is 2. The van der Waals surface area contributed by atoms with E-state index in [4.69, 9.17) is 0 Å². The lowest BCUT2D eigenvalue weighted by atomic mass is 9.95. The van der Waals surface area contributed by atoms with E-state index in [2.05, 4.69) is 20.2 Å². The van der Waals surface area contributed by atoms with Gasteiger partial charge >= 0.3 is 5.97 Å². The van der Waals surface area contributed by atoms with E-state index in [1.165, 1.54) is 4.90 Å². The van der Waals surface area contributed by atoms with E-state index in [0.717, 1.165) is 42.5 Å². The van der Waals surface area contributed by atoms with E-state index in [0.29, 0.717) is 5.56 Å². The summed E-state index contributed by atoms with van der Waals surface area (Å²) in [6, 6.07) is 9.76. The third-order valence-electron chi connectivity index (χ3n) is 6.89. The van der Waals surface area contributed by atoms with Gasteiger partial charge in [0.2, 0.25) is 5.91 Å². The van der Waals surface area contributed by atoms with Crippen LogP contribution in [0.25, 0.3) is 10.9 Å². The van der Waals surface area contributed by atoms with Gasteiger partial charge < -0.3 is 25.2 Å². The fraction of sp³-hybridized carbons (Fsp3) is 0.360. The number of piperidine rings is 1. The molecule has 2 atom stereocenters. The zero-order chi connectivity index (χ0) is 23.7. The number of fused-ring (bicyclic) bond motifs is 1. The van der Waals surface area contributed by atoms with Crippen molar-refractivity contribution in [2.45, 2.75) is 31.3 Å². The van der Waals surface area contributed by atoms with Crippen molar-refractivity contribution in [3.63, 3.8) is 0 Å². The molecule has 176 valence electrons. The lowest BCUT2D eigenvalue weighted by Crippen LogP contribution is -2.45. The zero-order valence-electron chi connectivity index (χ0n) is 18.7. The first kappa shape index (κ1) is 21.9. The number of carbonyl (C=O) groups excluding carboxylic acids is 2. The zero-order valence-corrected chi connectivity index (χ0v) is 18.7. The molecule has 0 aliphatic carbocycles. The van der Waals surface area contributed by atoms with Crippen molar-refractivity contribution in [1.82, 2.24) is 20.2 Å². The van der Waals surface area contributed by atoms with Crippen molar-refractivity contribution in [3.8, 4) is 0 Å². The molecule has 2 aliphatic rings. The number of likely N-dealkylation sites (tertiary alicyclic amines) is 1. The number of aromatic nitrogens is 2. The lowest BCUT2D eigenvalue weighted by Gasteiger charge is -2.33. The Kier molecular flexibility index (Phi) is 5.91. The second-order valence-corrected chi connectivity index (χ2v) is 9.00. The van der Waals surface area contributed by atoms with Crippen LogP contribution < -0.4 is 10.2 Å². The van der Waals surface area contributed by atoms with Gasteiger partial charge in [-0.3, -0.25) is 14.6 Å². The number of H-pyrrole nitrogens is 1. The van der Waals surface area contributed by atoms with E-state index in [9.17, 15) is 19.5 Å². The first-order valence-corrected chi connectivity index (χ1v) is 11.6. The van der Waals surface area contributed by atoms with E-state index in [-0.39, 0.29) is 36.7 Å². The molecule has 1 aromatic carbocycles. The highest BCUT2D eigenvalue weighted by molar-refractivity contribution is 6.00. The van der Waals surface area contributed by atoms with Gasteiger partial charge in [-0.05, 0) is 48.6 Å². The van der Waals surface area contributed by atoms with Crippen molar-refractivity contribution in [2.75, 3.05) is 24.5 Å². The van der Waals surface area contributed by atoms with Crippen LogP contribution in [-0.2, 0) is 9.59 Å². The molecule has 2 amide bonds. The van der Waals surface area contributed by atoms with Gasteiger partial charge in [0.25, 0.3) is 5.91 Å². The first-order chi connectivity index (χ1) is 16.5. The Bertz CT molecular complexity index is 1200. The Hall–Kier alpha value is -3.88. The molecule has 2 aliphatic heterocycles. The topological polar surface area (TPSA) is 119 Å². The molecule has 2 saturated heterocycles. The quantitative estimate of drug-likeness (QED) is 0.536. The molecule has 34 heavy (non-hydrogen) atoms. The fourth-order valence-electron chi connectivity index (χ4n) is 5.02. The number of anilines is 1. The summed E-state index contributed by atoms with van der Waals surface area (Å²) in [7, 11) is 0. The van der Waals surface area contributed by atoms with Gasteiger partial charge in [-0.15, -0.1) is 0 Å². The van der Waals surface area contributed by atoms with Crippen LogP contribution in [0.2, 0.25) is 0 Å². The molecule has 2 aromatic heterocycles. The molecule has 3 N–H and O–H groups in total. The number of benzene rings is 1. The lowest BCUT2D eigenvalue weighted by molar-refractivity contribution is -0.141. The van der Waals surface area contributed by atoms with Crippen LogP contribution in [0.3, 0.4) is 0 Å². The summed E-state index contributed by atoms with van der Waals surface area (Å²) in [6.45, 7) is 1.73. The number of pyridine rings is 1. The molecule has 9 nitrogen and oxygen atoms in total. The minimum atomic E-state index is -1.06. The van der Waals surface area contributed by atoms with E-state index >= 15 is 0 Å². The van der Waals surface area contributed by atoms with Crippen molar-refractivity contribution in [1.29, 1.82) is 0 Å². The van der Waals surface area contributed by atoms with Crippen LogP contribution in [0, 0.1) is 5.92 Å². The van der Waals surface area contributed by atoms with Crippen molar-refractivity contribution in [3.05, 3.63) is 60.6 Å². The van der Waals surface area contributed by atoms with Gasteiger partial charge in [-0.1, -0.05) is 6.07 Å². The van der Waals surface area contributed by atoms with Crippen LogP contribution in [-0.4, -0.2) is 69.5 Å². The Balaban J connectivity index is 1.21. The number of carbonyl (C=O) groups is 3. The molecule has 4 heterocycles. The third-order valence-corrected chi connectivity index (χ3v) is 6.89. The summed E-state index contributed by atoms with van der Waals surface area (Å²) in [5.74, 6) is -1.59. The van der Waals surface area contributed by atoms with Gasteiger partial charge in [0.05, 0.1) is 0 Å². The largest absolute Gasteiger partial charge is 0.480 e. The van der Waals surface area contributed by atoms with Crippen molar-refractivity contribution in [2.24, 2.45) is 5.92 Å². The molecule has 2 fully saturated rings. The standard InChI is InChI=1S/C25H27N5O4/c31-23(17-6-11-29(12-7-17)20-4-8-26-9-5-20)28-19-14-22(25(33)34)30(15-19)24(32)18-2-1-16-3-10-27-21(16)13-18/h1-5,8-10,13,17,19,22,27H,6-7,11-12,14-15H2,(H,28,31)(H,33,34)/t19-,22-/m0/s1. The van der Waals surface area contributed by atoms with Crippen LogP contribution in [0.1, 0.15) is 29.6 Å². The Labute approximate surface area is 196 Å². The van der Waals surface area contributed by atoms with Crippen molar-refractivity contribution < 1.29 is 19.5 Å². The van der Waals surface area contributed by atoms with Crippen LogP contribution in [0.4, 0.5) is 5.69 Å². The summed E-state index contributed by atoms with van der Waals surface area (Å²) >= 11 is 0. The smallest absolute Gasteiger partial charge is 0.326 e. The molecule has 0 spiro atoms. The van der Waals surface area contributed by atoms with Gasteiger partial charge in [0, 0.05) is 73.4 Å². The van der Waals surface area contributed by atoms with E-state index in [1.807, 2.05) is 24.3 Å². The third kappa shape index (κ3) is 4.33. The maximum absolute atomic E-state index is 13.2. The molecule has 0 bridgehead atoms. The summed E-state index contributed by atoms with van der Waals surface area (Å²) in [5.41, 5.74) is 2.34. The maximum atomic E-state index is 13.2. The van der Waals surface area contributed by atoms with Gasteiger partial charge in [-0.25, -0.2) is 4.79 Å². The molecule has 0 radical (unpaired) electrons. The number of carboxylic acids is 1. The Morgan fingerprint density at radius 3 is 2.56 bits per heavy atom. The predicted molar refractivity (Wildman–Crippen MR) is 126 cm³/mol. The molecule has 0 saturated carbocycles. The SMILES string of the molecule is O=C(N[C@H]1C[C@@H](C(=O)O)N(C(=O)c2ccc3cc[nH]c3c2)C1)C1CCN(c2ccncc2)CC1. The molecular weight excluding hydrogens is 434 g/mol. The summed E-state index contributed by atoms with van der Waals surface area (Å²) in [6.07, 6.45) is 6.96. The summed E-state index contributed by atoms with van der Waals surface area (Å²) in [4.78, 5) is 48.7. The number of nitrogens with one attached hydrogen (secondary N) is 2. The first-order valence-electron chi connectivity index (χ1n) is 11.6. The monoisotopic (exact) mass is 461 g/mol. The summed E-state index contributed by atoms with van der Waals surface area (Å²) < 4.78 is 0. The molecular formula is C25H27N5O4. The van der Waals surface area contributed by atoms with Crippen LogP contribution >= 0.6 is 0 Å². The number of aliphatic carboxylic acids is 1. The number of hydrogen-bond donors (Lipinski definition) is 3. The highest BCUT2D eigenvalue weighted by Crippen LogP contribution is 2.26. The maximum Gasteiger partial charge on any atom is 0.326 e. The number of rotatable bonds is 5. The fourth-order valence-corrected chi connectivity index (χ4v) is 5.02. The van der Waals surface area contributed by atoms with E-state index < -0.39 is 12.0 Å². The van der Waals surface area contributed by atoms with Gasteiger partial charge in [0.1, 0.15) is 6.04 Å². The highest BCUT2D eigenvalue weighted by atomic mass is 16.4. The minimum Gasteiger partial charge on any atom is -0.480 e. The second-order valence-electron chi connectivity index (χ2n) is 9.00.